The molecule has 0 aliphatic carbocycles. The summed E-state index contributed by atoms with van der Waals surface area (Å²) < 4.78 is 0. The predicted molar refractivity (Wildman–Crippen MR) is 69.7 cm³/mol. The second-order valence-corrected chi connectivity index (χ2v) is 5.13. The van der Waals surface area contributed by atoms with E-state index in [1.165, 1.54) is 24.2 Å². The lowest BCUT2D eigenvalue weighted by Crippen LogP contribution is -2.33. The Morgan fingerprint density at radius 3 is 2.33 bits per heavy atom. The summed E-state index contributed by atoms with van der Waals surface area (Å²) in [7, 11) is 3.07. The smallest absolute Gasteiger partial charge is 0.269 e. The molecule has 0 bridgehead atoms. The first-order chi connectivity index (χ1) is 9.91. The number of fused-ring (bicyclic) bond motifs is 1. The molecule has 1 aromatic carbocycles. The van der Waals surface area contributed by atoms with Crippen molar-refractivity contribution in [1.29, 1.82) is 0 Å². The van der Waals surface area contributed by atoms with Gasteiger partial charge in [0.05, 0.1) is 16.9 Å². The fraction of sp³-hybridized carbons (Fsp3) is 0.385. The zero-order valence-corrected chi connectivity index (χ0v) is 11.4. The van der Waals surface area contributed by atoms with Crippen LogP contribution in [0, 0.1) is 16.0 Å². The van der Waals surface area contributed by atoms with Gasteiger partial charge in [-0.1, -0.05) is 12.1 Å². The summed E-state index contributed by atoms with van der Waals surface area (Å²) in [6.45, 7) is 0. The fourth-order valence-corrected chi connectivity index (χ4v) is 2.90. The van der Waals surface area contributed by atoms with Gasteiger partial charge in [0.2, 0.25) is 5.91 Å². The largest absolute Gasteiger partial charge is 0.284 e. The molecule has 2 fully saturated rings. The van der Waals surface area contributed by atoms with E-state index < -0.39 is 23.0 Å². The number of rotatable bonds is 2. The van der Waals surface area contributed by atoms with E-state index in [9.17, 15) is 19.7 Å². The van der Waals surface area contributed by atoms with Crippen molar-refractivity contribution in [3.63, 3.8) is 0 Å². The number of nitrogens with zero attached hydrogens (tertiary/aromatic N) is 3. The molecule has 0 unspecified atom stereocenters. The number of nitro groups is 1. The molecular weight excluding hydrogens is 278 g/mol. The Labute approximate surface area is 120 Å². The van der Waals surface area contributed by atoms with Crippen molar-refractivity contribution in [3.8, 4) is 0 Å². The molecule has 0 saturated carbocycles. The zero-order chi connectivity index (χ0) is 15.3. The van der Waals surface area contributed by atoms with Crippen LogP contribution in [0.25, 0.3) is 0 Å². The summed E-state index contributed by atoms with van der Waals surface area (Å²) in [5.41, 5.74) is 0.676. The monoisotopic (exact) mass is 291 g/mol. The maximum Gasteiger partial charge on any atom is 0.269 e. The van der Waals surface area contributed by atoms with Crippen LogP contribution in [-0.4, -0.2) is 46.9 Å². The first-order valence-corrected chi connectivity index (χ1v) is 6.37. The number of hydroxylamine groups is 2. The van der Waals surface area contributed by atoms with Gasteiger partial charge in [-0.15, -0.1) is 0 Å². The van der Waals surface area contributed by atoms with Crippen molar-refractivity contribution in [2.45, 2.75) is 12.1 Å². The molecule has 3 atom stereocenters. The number of hydrogen-bond acceptors (Lipinski definition) is 6. The van der Waals surface area contributed by atoms with E-state index in [4.69, 9.17) is 4.84 Å². The highest BCUT2D eigenvalue weighted by molar-refractivity contribution is 6.07. The molecule has 8 nitrogen and oxygen atoms in total. The molecule has 0 N–H and O–H groups in total. The fourth-order valence-electron chi connectivity index (χ4n) is 2.90. The minimum atomic E-state index is -0.812. The molecule has 0 spiro atoms. The molecule has 2 heterocycles. The Balaban J connectivity index is 1.96. The third-order valence-electron chi connectivity index (χ3n) is 3.97. The number of nitro benzene ring substituents is 1. The van der Waals surface area contributed by atoms with Gasteiger partial charge in [-0.05, 0) is 5.56 Å². The molecular formula is C13H13N3O5. The first kappa shape index (κ1) is 13.7. The lowest BCUT2D eigenvalue weighted by Gasteiger charge is -2.22. The average Bonchev–Trinajstić information content (AvgIpc) is 2.90. The van der Waals surface area contributed by atoms with Gasteiger partial charge >= 0.3 is 0 Å². The Morgan fingerprint density at radius 1 is 1.14 bits per heavy atom. The Kier molecular flexibility index (Phi) is 2.99. The number of imide groups is 1. The van der Waals surface area contributed by atoms with Gasteiger partial charge in [0, 0.05) is 26.2 Å². The Bertz CT molecular complexity index is 629. The average molecular weight is 291 g/mol. The second kappa shape index (κ2) is 4.61. The predicted octanol–water partition coefficient (Wildman–Crippen LogP) is 0.496. The van der Waals surface area contributed by atoms with Gasteiger partial charge in [0.25, 0.3) is 11.6 Å². The number of likely N-dealkylation sites (tertiary alicyclic amines) is 1. The van der Waals surface area contributed by atoms with Crippen LogP contribution in [0.5, 0.6) is 0 Å². The van der Waals surface area contributed by atoms with Crippen LogP contribution in [0.2, 0.25) is 0 Å². The van der Waals surface area contributed by atoms with Crippen LogP contribution in [0.1, 0.15) is 11.6 Å². The van der Waals surface area contributed by atoms with E-state index in [1.54, 1.807) is 19.2 Å². The van der Waals surface area contributed by atoms with Gasteiger partial charge in [0.15, 0.2) is 6.10 Å². The lowest BCUT2D eigenvalue weighted by atomic mass is 9.91. The third-order valence-corrected chi connectivity index (χ3v) is 3.97. The van der Waals surface area contributed by atoms with Crippen LogP contribution in [0.15, 0.2) is 24.3 Å². The van der Waals surface area contributed by atoms with E-state index in [1.807, 2.05) is 0 Å². The third kappa shape index (κ3) is 1.91. The van der Waals surface area contributed by atoms with E-state index in [0.29, 0.717) is 5.56 Å². The van der Waals surface area contributed by atoms with Crippen LogP contribution >= 0.6 is 0 Å². The number of amides is 2. The molecule has 8 heteroatoms. The molecule has 2 amide bonds. The molecule has 2 saturated heterocycles. The van der Waals surface area contributed by atoms with Crippen molar-refractivity contribution >= 4 is 17.5 Å². The Morgan fingerprint density at radius 2 is 1.76 bits per heavy atom. The van der Waals surface area contributed by atoms with Crippen molar-refractivity contribution < 1.29 is 19.3 Å². The van der Waals surface area contributed by atoms with Gasteiger partial charge in [0.1, 0.15) is 0 Å². The number of benzene rings is 1. The normalized spacial score (nSPS) is 29.0. The molecule has 21 heavy (non-hydrogen) atoms. The summed E-state index contributed by atoms with van der Waals surface area (Å²) in [6.07, 6.45) is -0.812. The van der Waals surface area contributed by atoms with Gasteiger partial charge in [-0.2, -0.15) is 5.06 Å². The van der Waals surface area contributed by atoms with E-state index >= 15 is 0 Å². The van der Waals surface area contributed by atoms with E-state index in [-0.39, 0.29) is 17.5 Å². The summed E-state index contributed by atoms with van der Waals surface area (Å²) in [5, 5.41) is 12.2. The van der Waals surface area contributed by atoms with Gasteiger partial charge < -0.3 is 0 Å². The molecule has 2 aliphatic heterocycles. The van der Waals surface area contributed by atoms with Crippen LogP contribution in [0.3, 0.4) is 0 Å². The molecule has 0 aromatic heterocycles. The van der Waals surface area contributed by atoms with E-state index in [2.05, 4.69) is 0 Å². The molecule has 0 radical (unpaired) electrons. The molecule has 3 rings (SSSR count). The van der Waals surface area contributed by atoms with Gasteiger partial charge in [-0.25, -0.2) is 0 Å². The minimum absolute atomic E-state index is 0.0252. The summed E-state index contributed by atoms with van der Waals surface area (Å²) in [5.74, 6) is -1.27. The molecule has 110 valence electrons. The van der Waals surface area contributed by atoms with Gasteiger partial charge in [-0.3, -0.25) is 29.4 Å². The minimum Gasteiger partial charge on any atom is -0.284 e. The second-order valence-electron chi connectivity index (χ2n) is 5.13. The zero-order valence-electron chi connectivity index (χ0n) is 11.4. The topological polar surface area (TPSA) is 93.0 Å². The van der Waals surface area contributed by atoms with E-state index in [0.717, 1.165) is 4.90 Å². The number of hydrogen-bond donors (Lipinski definition) is 0. The number of likely N-dealkylation sites (N-methyl/N-ethyl adjacent to an activating group) is 1. The van der Waals surface area contributed by atoms with Crippen molar-refractivity contribution in [2.75, 3.05) is 14.1 Å². The summed E-state index contributed by atoms with van der Waals surface area (Å²) in [4.78, 5) is 40.9. The van der Waals surface area contributed by atoms with Crippen LogP contribution in [0.4, 0.5) is 5.69 Å². The maximum absolute atomic E-state index is 12.2. The molecule has 1 aromatic rings. The van der Waals surface area contributed by atoms with Crippen molar-refractivity contribution in [2.24, 2.45) is 5.92 Å². The summed E-state index contributed by atoms with van der Waals surface area (Å²) >= 11 is 0. The number of carbonyl (C=O) groups is 2. The first-order valence-electron chi connectivity index (χ1n) is 6.37. The lowest BCUT2D eigenvalue weighted by molar-refractivity contribution is -0.384. The number of carbonyl (C=O) groups excluding carboxylic acids is 2. The highest BCUT2D eigenvalue weighted by Crippen LogP contribution is 2.43. The molecule has 2 aliphatic rings. The van der Waals surface area contributed by atoms with Crippen molar-refractivity contribution in [1.82, 2.24) is 9.96 Å². The Hall–Kier alpha value is -2.32. The van der Waals surface area contributed by atoms with Crippen LogP contribution in [-0.2, 0) is 14.4 Å². The number of non-ortho nitro benzene ring substituents is 1. The van der Waals surface area contributed by atoms with Crippen molar-refractivity contribution in [3.05, 3.63) is 39.9 Å². The SMILES string of the molecule is CN1C(=O)[C@H]2[C@@H](c3ccc([N+](=O)[O-])cc3)N(C)O[C@H]2C1=O. The standard InChI is InChI=1S/C13H13N3O5/c1-14-12(17)9-10(15(2)21-11(9)13(14)18)7-3-5-8(6-4-7)16(19)20/h3-6,9-11H,1-2H3/t9-,10+,11+/m0/s1. The summed E-state index contributed by atoms with van der Waals surface area (Å²) in [6, 6.07) is 5.49. The quantitative estimate of drug-likeness (QED) is 0.447. The highest BCUT2D eigenvalue weighted by Gasteiger charge is 2.57. The maximum atomic E-state index is 12.2. The van der Waals surface area contributed by atoms with Crippen LogP contribution < -0.4 is 0 Å². The highest BCUT2D eigenvalue weighted by atomic mass is 16.7.